The van der Waals surface area contributed by atoms with Gasteiger partial charge in [0.1, 0.15) is 5.75 Å². The summed E-state index contributed by atoms with van der Waals surface area (Å²) in [5.41, 5.74) is 4.78. The van der Waals surface area contributed by atoms with Crippen LogP contribution in [0.1, 0.15) is 38.8 Å². The molecule has 0 atom stereocenters. The normalized spacial score (nSPS) is 11.8. The van der Waals surface area contributed by atoms with Crippen LogP contribution in [0.5, 0.6) is 5.75 Å². The number of halogens is 1. The number of nitrogens with one attached hydrogen (secondary N) is 1. The number of nitrogens with zero attached hydrogens (tertiary/aromatic N) is 2. The molecule has 8 heteroatoms. The molecular formula is C20H22BrN3O4. The standard InChI is InChI=1S/C20H22BrN3O4/c1-13(14-5-8-16(9-6-14)24(26)27)22-23-19(25)12-28-18-10-7-15(11-17(18)21)20(2,3)4/h5-11H,12H2,1-4H3,(H,23,25)/b22-13-. The van der Waals surface area contributed by atoms with Crippen molar-refractivity contribution in [1.29, 1.82) is 0 Å². The number of nitro groups is 1. The number of carbonyl (C=O) groups is 1. The minimum Gasteiger partial charge on any atom is -0.483 e. The molecule has 0 radical (unpaired) electrons. The fourth-order valence-electron chi connectivity index (χ4n) is 2.30. The molecule has 0 bridgehead atoms. The van der Waals surface area contributed by atoms with Crippen LogP contribution in [0.25, 0.3) is 0 Å². The maximum absolute atomic E-state index is 12.0. The van der Waals surface area contributed by atoms with E-state index in [2.05, 4.69) is 47.2 Å². The van der Waals surface area contributed by atoms with E-state index in [1.807, 2.05) is 18.2 Å². The first-order chi connectivity index (χ1) is 13.1. The summed E-state index contributed by atoms with van der Waals surface area (Å²) in [7, 11) is 0. The molecule has 0 saturated heterocycles. The lowest BCUT2D eigenvalue weighted by atomic mass is 9.87. The first-order valence-electron chi connectivity index (χ1n) is 8.58. The molecule has 0 saturated carbocycles. The maximum atomic E-state index is 12.0. The molecular weight excluding hydrogens is 426 g/mol. The van der Waals surface area contributed by atoms with Crippen molar-refractivity contribution < 1.29 is 14.5 Å². The second-order valence-electron chi connectivity index (χ2n) is 7.22. The van der Waals surface area contributed by atoms with Crippen LogP contribution in [-0.4, -0.2) is 23.1 Å². The molecule has 0 aliphatic heterocycles. The fourth-order valence-corrected chi connectivity index (χ4v) is 2.79. The van der Waals surface area contributed by atoms with Gasteiger partial charge in [-0.1, -0.05) is 26.8 Å². The average molecular weight is 448 g/mol. The monoisotopic (exact) mass is 447 g/mol. The summed E-state index contributed by atoms with van der Waals surface area (Å²) in [6.45, 7) is 7.87. The van der Waals surface area contributed by atoms with E-state index in [1.54, 1.807) is 19.1 Å². The largest absolute Gasteiger partial charge is 0.483 e. The summed E-state index contributed by atoms with van der Waals surface area (Å²) in [5, 5.41) is 14.7. The van der Waals surface area contributed by atoms with E-state index in [9.17, 15) is 14.9 Å². The number of non-ortho nitro benzene ring substituents is 1. The molecule has 2 aromatic carbocycles. The number of hydrazone groups is 1. The summed E-state index contributed by atoms with van der Waals surface area (Å²) in [5.74, 6) is 0.160. The van der Waals surface area contributed by atoms with Crippen LogP contribution in [0.2, 0.25) is 0 Å². The van der Waals surface area contributed by atoms with Crippen molar-refractivity contribution in [3.63, 3.8) is 0 Å². The van der Waals surface area contributed by atoms with Crippen LogP contribution in [-0.2, 0) is 10.2 Å². The summed E-state index contributed by atoms with van der Waals surface area (Å²) >= 11 is 3.47. The van der Waals surface area contributed by atoms with Crippen molar-refractivity contribution in [2.45, 2.75) is 33.1 Å². The second kappa shape index (κ2) is 8.97. The topological polar surface area (TPSA) is 93.8 Å². The third kappa shape index (κ3) is 5.88. The lowest BCUT2D eigenvalue weighted by molar-refractivity contribution is -0.384. The van der Waals surface area contributed by atoms with Gasteiger partial charge in [-0.2, -0.15) is 5.10 Å². The lowest BCUT2D eigenvalue weighted by Gasteiger charge is -2.20. The van der Waals surface area contributed by atoms with Crippen LogP contribution >= 0.6 is 15.9 Å². The van der Waals surface area contributed by atoms with Crippen LogP contribution in [0.15, 0.2) is 52.0 Å². The molecule has 148 valence electrons. The molecule has 2 aromatic rings. The van der Waals surface area contributed by atoms with E-state index >= 15 is 0 Å². The van der Waals surface area contributed by atoms with Gasteiger partial charge in [0.25, 0.3) is 11.6 Å². The van der Waals surface area contributed by atoms with Gasteiger partial charge in [-0.25, -0.2) is 5.43 Å². The lowest BCUT2D eigenvalue weighted by Crippen LogP contribution is -2.25. The van der Waals surface area contributed by atoms with Gasteiger partial charge in [0.2, 0.25) is 0 Å². The van der Waals surface area contributed by atoms with Crippen molar-refractivity contribution in [2.24, 2.45) is 5.10 Å². The van der Waals surface area contributed by atoms with Gasteiger partial charge in [0.15, 0.2) is 6.61 Å². The highest BCUT2D eigenvalue weighted by Crippen LogP contribution is 2.31. The highest BCUT2D eigenvalue weighted by atomic mass is 79.9. The number of amides is 1. The first kappa shape index (κ1) is 21.6. The number of nitro benzene ring substituents is 1. The Morgan fingerprint density at radius 2 is 1.86 bits per heavy atom. The quantitative estimate of drug-likeness (QED) is 0.398. The molecule has 1 N–H and O–H groups in total. The molecule has 0 aliphatic rings. The van der Waals surface area contributed by atoms with E-state index in [1.165, 1.54) is 12.1 Å². The number of carbonyl (C=O) groups excluding carboxylic acids is 1. The van der Waals surface area contributed by atoms with Gasteiger partial charge in [-0.05, 0) is 63.7 Å². The molecule has 0 spiro atoms. The van der Waals surface area contributed by atoms with Crippen molar-refractivity contribution in [3.05, 3.63) is 68.2 Å². The molecule has 7 nitrogen and oxygen atoms in total. The number of hydrogen-bond acceptors (Lipinski definition) is 5. The van der Waals surface area contributed by atoms with Crippen LogP contribution in [0.3, 0.4) is 0 Å². The first-order valence-corrected chi connectivity index (χ1v) is 9.38. The van der Waals surface area contributed by atoms with Gasteiger partial charge >= 0.3 is 0 Å². The van der Waals surface area contributed by atoms with Crippen LogP contribution in [0, 0.1) is 10.1 Å². The minimum atomic E-state index is -0.471. The van der Waals surface area contributed by atoms with Crippen molar-refractivity contribution in [3.8, 4) is 5.75 Å². The Hall–Kier alpha value is -2.74. The Balaban J connectivity index is 1.93. The highest BCUT2D eigenvalue weighted by molar-refractivity contribution is 9.10. The van der Waals surface area contributed by atoms with Crippen molar-refractivity contribution >= 4 is 33.2 Å². The molecule has 0 unspecified atom stereocenters. The van der Waals surface area contributed by atoms with E-state index in [0.29, 0.717) is 17.0 Å². The molecule has 2 rings (SSSR count). The molecule has 0 aromatic heterocycles. The Morgan fingerprint density at radius 3 is 2.39 bits per heavy atom. The zero-order valence-corrected chi connectivity index (χ0v) is 17.7. The van der Waals surface area contributed by atoms with E-state index in [4.69, 9.17) is 4.74 Å². The van der Waals surface area contributed by atoms with Gasteiger partial charge in [0, 0.05) is 12.1 Å². The van der Waals surface area contributed by atoms with E-state index in [0.717, 1.165) is 10.0 Å². The van der Waals surface area contributed by atoms with Gasteiger partial charge in [0.05, 0.1) is 15.1 Å². The van der Waals surface area contributed by atoms with Crippen LogP contribution in [0.4, 0.5) is 5.69 Å². The molecule has 1 amide bonds. The van der Waals surface area contributed by atoms with E-state index < -0.39 is 10.8 Å². The third-order valence-electron chi connectivity index (χ3n) is 4.00. The number of ether oxygens (including phenoxy) is 1. The van der Waals surface area contributed by atoms with Gasteiger partial charge < -0.3 is 4.74 Å². The SMILES string of the molecule is C/C(=N/NC(=O)COc1ccc(C(C)(C)C)cc1Br)c1ccc([N+](=O)[O-])cc1. The molecule has 0 heterocycles. The molecule has 0 aliphatic carbocycles. The predicted octanol–water partition coefficient (Wildman–Crippen LogP) is 4.57. The predicted molar refractivity (Wildman–Crippen MR) is 112 cm³/mol. The Kier molecular flexibility index (Phi) is 6.90. The summed E-state index contributed by atoms with van der Waals surface area (Å²) in [6.07, 6.45) is 0. The summed E-state index contributed by atoms with van der Waals surface area (Å²) < 4.78 is 6.32. The Bertz CT molecular complexity index is 903. The fraction of sp³-hybridized carbons (Fsp3) is 0.300. The van der Waals surface area contributed by atoms with Gasteiger partial charge in [-0.3, -0.25) is 14.9 Å². The molecule has 0 fully saturated rings. The average Bonchev–Trinajstić information content (AvgIpc) is 2.64. The Morgan fingerprint density at radius 1 is 1.21 bits per heavy atom. The summed E-state index contributed by atoms with van der Waals surface area (Å²) in [4.78, 5) is 22.2. The zero-order chi connectivity index (χ0) is 20.9. The van der Waals surface area contributed by atoms with Crippen molar-refractivity contribution in [2.75, 3.05) is 6.61 Å². The highest BCUT2D eigenvalue weighted by Gasteiger charge is 2.15. The number of rotatable bonds is 6. The number of hydrogen-bond donors (Lipinski definition) is 1. The third-order valence-corrected chi connectivity index (χ3v) is 4.62. The van der Waals surface area contributed by atoms with Gasteiger partial charge in [-0.15, -0.1) is 0 Å². The summed E-state index contributed by atoms with van der Waals surface area (Å²) in [6, 6.07) is 11.7. The smallest absolute Gasteiger partial charge is 0.277 e. The van der Waals surface area contributed by atoms with Crippen molar-refractivity contribution in [1.82, 2.24) is 5.43 Å². The maximum Gasteiger partial charge on any atom is 0.277 e. The molecule has 28 heavy (non-hydrogen) atoms. The zero-order valence-electron chi connectivity index (χ0n) is 16.2. The minimum absolute atomic E-state index is 0.00274. The van der Waals surface area contributed by atoms with E-state index in [-0.39, 0.29) is 17.7 Å². The number of benzene rings is 2. The second-order valence-corrected chi connectivity index (χ2v) is 8.07. The van der Waals surface area contributed by atoms with Crippen LogP contribution < -0.4 is 10.2 Å². The Labute approximate surface area is 172 Å².